The molecule has 0 atom stereocenters. The van der Waals surface area contributed by atoms with Gasteiger partial charge in [0.2, 0.25) is 5.95 Å². The van der Waals surface area contributed by atoms with Crippen molar-refractivity contribution in [1.29, 1.82) is 0 Å². The maximum absolute atomic E-state index is 12.5. The molecule has 0 aliphatic rings. The van der Waals surface area contributed by atoms with Crippen molar-refractivity contribution in [1.82, 2.24) is 15.3 Å². The van der Waals surface area contributed by atoms with Crippen molar-refractivity contribution >= 4 is 17.5 Å². The van der Waals surface area contributed by atoms with Gasteiger partial charge in [0, 0.05) is 24.5 Å². The summed E-state index contributed by atoms with van der Waals surface area (Å²) in [5, 5.41) is 6.07. The number of ether oxygens (including phenoxy) is 1. The van der Waals surface area contributed by atoms with E-state index >= 15 is 0 Å². The molecule has 0 unspecified atom stereocenters. The molecule has 134 valence electrons. The van der Waals surface area contributed by atoms with Crippen LogP contribution in [0.5, 0.6) is 0 Å². The lowest BCUT2D eigenvalue weighted by atomic mass is 10.1. The molecule has 1 amide bonds. The van der Waals surface area contributed by atoms with Gasteiger partial charge in [-0.15, -0.1) is 0 Å². The predicted molar refractivity (Wildman–Crippen MR) is 99.3 cm³/mol. The highest BCUT2D eigenvalue weighted by atomic mass is 16.5. The van der Waals surface area contributed by atoms with Crippen LogP contribution in [0, 0.1) is 13.8 Å². The first-order valence-electron chi connectivity index (χ1n) is 8.54. The van der Waals surface area contributed by atoms with Crippen LogP contribution in [-0.4, -0.2) is 35.1 Å². The Morgan fingerprint density at radius 3 is 2.52 bits per heavy atom. The van der Waals surface area contributed by atoms with Crippen LogP contribution in [0.4, 0.5) is 11.6 Å². The van der Waals surface area contributed by atoms with E-state index in [1.807, 2.05) is 52.0 Å². The van der Waals surface area contributed by atoms with Gasteiger partial charge in [0.05, 0.1) is 17.4 Å². The SMILES string of the molecule is Cc1cc(C)nc(Nc2ccccc2C(=O)NCCCOC(C)C)n1. The zero-order chi connectivity index (χ0) is 18.2. The molecule has 1 heterocycles. The van der Waals surface area contributed by atoms with Gasteiger partial charge in [-0.3, -0.25) is 4.79 Å². The van der Waals surface area contributed by atoms with Gasteiger partial charge in [-0.1, -0.05) is 12.1 Å². The number of rotatable bonds is 8. The van der Waals surface area contributed by atoms with E-state index in [0.29, 0.717) is 30.4 Å². The molecule has 0 aliphatic carbocycles. The van der Waals surface area contributed by atoms with Crippen molar-refractivity contribution in [2.24, 2.45) is 0 Å². The number of para-hydroxylation sites is 1. The molecule has 1 aromatic heterocycles. The number of hydrogen-bond acceptors (Lipinski definition) is 5. The Hall–Kier alpha value is -2.47. The second-order valence-electron chi connectivity index (χ2n) is 6.17. The van der Waals surface area contributed by atoms with E-state index in [1.54, 1.807) is 6.07 Å². The van der Waals surface area contributed by atoms with Crippen LogP contribution < -0.4 is 10.6 Å². The van der Waals surface area contributed by atoms with Gasteiger partial charge in [-0.25, -0.2) is 9.97 Å². The molecule has 2 rings (SSSR count). The third-order valence-electron chi connectivity index (χ3n) is 3.46. The highest BCUT2D eigenvalue weighted by Gasteiger charge is 2.11. The minimum Gasteiger partial charge on any atom is -0.379 e. The summed E-state index contributed by atoms with van der Waals surface area (Å²) in [4.78, 5) is 21.2. The normalized spacial score (nSPS) is 10.8. The fourth-order valence-corrected chi connectivity index (χ4v) is 2.38. The largest absolute Gasteiger partial charge is 0.379 e. The van der Waals surface area contributed by atoms with Gasteiger partial charge < -0.3 is 15.4 Å². The predicted octanol–water partition coefficient (Wildman–Crippen LogP) is 3.38. The molecule has 2 N–H and O–H groups in total. The number of nitrogens with zero attached hydrogens (tertiary/aromatic N) is 2. The molecule has 0 bridgehead atoms. The fraction of sp³-hybridized carbons (Fsp3) is 0.421. The first-order chi connectivity index (χ1) is 12.0. The minimum absolute atomic E-state index is 0.128. The van der Waals surface area contributed by atoms with Crippen LogP contribution in [0.25, 0.3) is 0 Å². The van der Waals surface area contributed by atoms with Crippen LogP contribution in [-0.2, 0) is 4.74 Å². The number of carbonyl (C=O) groups excluding carboxylic acids is 1. The standard InChI is InChI=1S/C19H26N4O2/c1-13(2)25-11-7-10-20-18(24)16-8-5-6-9-17(16)23-19-21-14(3)12-15(4)22-19/h5-6,8-9,12-13H,7,10-11H2,1-4H3,(H,20,24)(H,21,22,23). The maximum atomic E-state index is 12.5. The van der Waals surface area contributed by atoms with Crippen molar-refractivity contribution in [3.05, 3.63) is 47.3 Å². The summed E-state index contributed by atoms with van der Waals surface area (Å²) in [6, 6.07) is 9.24. The van der Waals surface area contributed by atoms with Crippen LogP contribution in [0.15, 0.2) is 30.3 Å². The molecule has 0 radical (unpaired) electrons. The summed E-state index contributed by atoms with van der Waals surface area (Å²) >= 11 is 0. The Balaban J connectivity index is 2.00. The summed E-state index contributed by atoms with van der Waals surface area (Å²) in [6.07, 6.45) is 0.984. The third-order valence-corrected chi connectivity index (χ3v) is 3.46. The first-order valence-corrected chi connectivity index (χ1v) is 8.54. The number of nitrogens with one attached hydrogen (secondary N) is 2. The second kappa shape index (κ2) is 9.13. The van der Waals surface area contributed by atoms with Gasteiger partial charge in [0.1, 0.15) is 0 Å². The van der Waals surface area contributed by atoms with Crippen LogP contribution >= 0.6 is 0 Å². The summed E-state index contributed by atoms with van der Waals surface area (Å²) in [5.41, 5.74) is 3.00. The Bertz CT molecular complexity index is 696. The van der Waals surface area contributed by atoms with Crippen LogP contribution in [0.3, 0.4) is 0 Å². The number of anilines is 2. The van der Waals surface area contributed by atoms with Crippen molar-refractivity contribution in [3.8, 4) is 0 Å². The molecule has 0 spiro atoms. The Labute approximate surface area is 149 Å². The van der Waals surface area contributed by atoms with E-state index in [2.05, 4.69) is 20.6 Å². The fourth-order valence-electron chi connectivity index (χ4n) is 2.38. The minimum atomic E-state index is -0.128. The van der Waals surface area contributed by atoms with E-state index in [-0.39, 0.29) is 12.0 Å². The third kappa shape index (κ3) is 6.15. The lowest BCUT2D eigenvalue weighted by Gasteiger charge is -2.12. The number of aryl methyl sites for hydroxylation is 2. The van der Waals surface area contributed by atoms with Gasteiger partial charge >= 0.3 is 0 Å². The number of carbonyl (C=O) groups is 1. The van der Waals surface area contributed by atoms with Crippen molar-refractivity contribution in [3.63, 3.8) is 0 Å². The topological polar surface area (TPSA) is 76.1 Å². The van der Waals surface area contributed by atoms with E-state index < -0.39 is 0 Å². The number of aromatic nitrogens is 2. The van der Waals surface area contributed by atoms with Crippen LogP contribution in [0.1, 0.15) is 42.0 Å². The molecular formula is C19H26N4O2. The second-order valence-corrected chi connectivity index (χ2v) is 6.17. The highest BCUT2D eigenvalue weighted by molar-refractivity contribution is 6.00. The smallest absolute Gasteiger partial charge is 0.253 e. The number of amides is 1. The summed E-state index contributed by atoms with van der Waals surface area (Å²) < 4.78 is 5.47. The molecule has 0 saturated heterocycles. The van der Waals surface area contributed by atoms with E-state index in [1.165, 1.54) is 0 Å². The average Bonchev–Trinajstić information content (AvgIpc) is 2.53. The van der Waals surface area contributed by atoms with Gasteiger partial charge in [0.25, 0.3) is 5.91 Å². The van der Waals surface area contributed by atoms with Gasteiger partial charge in [0.15, 0.2) is 0 Å². The summed E-state index contributed by atoms with van der Waals surface area (Å²) in [5.74, 6) is 0.361. The quantitative estimate of drug-likeness (QED) is 0.719. The monoisotopic (exact) mass is 342 g/mol. The Morgan fingerprint density at radius 1 is 1.16 bits per heavy atom. The maximum Gasteiger partial charge on any atom is 0.253 e. The van der Waals surface area contributed by atoms with E-state index in [9.17, 15) is 4.79 Å². The summed E-state index contributed by atoms with van der Waals surface area (Å²) in [6.45, 7) is 9.02. The Kier molecular flexibility index (Phi) is 6.89. The molecule has 6 heteroatoms. The number of hydrogen-bond donors (Lipinski definition) is 2. The molecular weight excluding hydrogens is 316 g/mol. The lowest BCUT2D eigenvalue weighted by Crippen LogP contribution is -2.26. The summed E-state index contributed by atoms with van der Waals surface area (Å²) in [7, 11) is 0. The highest BCUT2D eigenvalue weighted by Crippen LogP contribution is 2.19. The molecule has 1 aromatic carbocycles. The first kappa shape index (κ1) is 18.9. The molecule has 25 heavy (non-hydrogen) atoms. The Morgan fingerprint density at radius 2 is 1.84 bits per heavy atom. The van der Waals surface area contributed by atoms with E-state index in [4.69, 9.17) is 4.74 Å². The van der Waals surface area contributed by atoms with Crippen molar-refractivity contribution < 1.29 is 9.53 Å². The van der Waals surface area contributed by atoms with Crippen LogP contribution in [0.2, 0.25) is 0 Å². The lowest BCUT2D eigenvalue weighted by molar-refractivity contribution is 0.0757. The zero-order valence-corrected chi connectivity index (χ0v) is 15.3. The molecule has 0 saturated carbocycles. The molecule has 2 aromatic rings. The van der Waals surface area contributed by atoms with Gasteiger partial charge in [-0.2, -0.15) is 0 Å². The number of benzene rings is 1. The zero-order valence-electron chi connectivity index (χ0n) is 15.3. The molecule has 0 aliphatic heterocycles. The van der Waals surface area contributed by atoms with Crippen molar-refractivity contribution in [2.75, 3.05) is 18.5 Å². The van der Waals surface area contributed by atoms with Gasteiger partial charge in [-0.05, 0) is 52.3 Å². The molecule has 0 fully saturated rings. The van der Waals surface area contributed by atoms with Crippen molar-refractivity contribution in [2.45, 2.75) is 40.2 Å². The molecule has 6 nitrogen and oxygen atoms in total. The average molecular weight is 342 g/mol. The van der Waals surface area contributed by atoms with E-state index in [0.717, 1.165) is 17.8 Å².